The van der Waals surface area contributed by atoms with E-state index in [1.54, 1.807) is 32.0 Å². The van der Waals surface area contributed by atoms with Crippen molar-refractivity contribution < 1.29 is 14.3 Å². The van der Waals surface area contributed by atoms with Crippen LogP contribution in [-0.2, 0) is 16.0 Å². The summed E-state index contributed by atoms with van der Waals surface area (Å²) in [7, 11) is 0. The number of ether oxygens (including phenoxy) is 1. The lowest BCUT2D eigenvalue weighted by Crippen LogP contribution is -2.13. The van der Waals surface area contributed by atoms with Gasteiger partial charge < -0.3 is 4.74 Å². The van der Waals surface area contributed by atoms with E-state index in [1.807, 2.05) is 6.07 Å². The first-order valence-electron chi connectivity index (χ1n) is 5.86. The van der Waals surface area contributed by atoms with E-state index in [9.17, 15) is 9.59 Å². The Bertz CT molecular complexity index is 532. The van der Waals surface area contributed by atoms with Crippen molar-refractivity contribution in [2.75, 3.05) is 6.61 Å². The molecular weight excluding hydrogens is 310 g/mol. The molecule has 1 atom stereocenters. The summed E-state index contributed by atoms with van der Waals surface area (Å²) in [5.41, 5.74) is 1.30. The van der Waals surface area contributed by atoms with Crippen LogP contribution in [-0.4, -0.2) is 23.2 Å². The van der Waals surface area contributed by atoms with E-state index >= 15 is 0 Å². The van der Waals surface area contributed by atoms with Crippen molar-refractivity contribution in [3.8, 4) is 6.07 Å². The first kappa shape index (κ1) is 15.4. The van der Waals surface area contributed by atoms with Crippen LogP contribution < -0.4 is 0 Å². The molecule has 0 spiro atoms. The molecule has 0 aliphatic carbocycles. The largest absolute Gasteiger partial charge is 0.466 e. The van der Waals surface area contributed by atoms with Gasteiger partial charge in [-0.15, -0.1) is 0 Å². The van der Waals surface area contributed by atoms with E-state index in [4.69, 9.17) is 10.00 Å². The molecule has 0 aliphatic heterocycles. The molecule has 5 heteroatoms. The van der Waals surface area contributed by atoms with Crippen LogP contribution in [0, 0.1) is 11.3 Å². The summed E-state index contributed by atoms with van der Waals surface area (Å²) in [6.07, 6.45) is 0.0937. The minimum Gasteiger partial charge on any atom is -0.466 e. The fourth-order valence-electron chi connectivity index (χ4n) is 1.60. The number of hydrogen-bond acceptors (Lipinski definition) is 4. The molecule has 0 radical (unpaired) electrons. The van der Waals surface area contributed by atoms with Gasteiger partial charge in [0.2, 0.25) is 0 Å². The maximum Gasteiger partial charge on any atom is 0.310 e. The number of Topliss-reactive ketones (excluding diaryl/α,β-unsaturated/α-hetero) is 1. The predicted molar refractivity (Wildman–Crippen MR) is 74.2 cm³/mol. The zero-order valence-electron chi connectivity index (χ0n) is 10.8. The van der Waals surface area contributed by atoms with Gasteiger partial charge in [0.1, 0.15) is 0 Å². The zero-order chi connectivity index (χ0) is 14.4. The number of carbonyl (C=O) groups excluding carboxylic acids is 2. The third-order valence-electron chi connectivity index (χ3n) is 2.48. The summed E-state index contributed by atoms with van der Waals surface area (Å²) in [6.45, 7) is 3.75. The SMILES string of the molecule is CCOC(=O)Cc1ccc(C#N)c(C(=O)C(C)Br)c1. The van der Waals surface area contributed by atoms with Gasteiger partial charge in [0, 0.05) is 5.56 Å². The normalized spacial score (nSPS) is 11.5. The molecule has 100 valence electrons. The molecule has 0 aromatic heterocycles. The van der Waals surface area contributed by atoms with Crippen molar-refractivity contribution in [1.29, 1.82) is 5.26 Å². The van der Waals surface area contributed by atoms with Crippen molar-refractivity contribution in [1.82, 2.24) is 0 Å². The maximum atomic E-state index is 12.0. The minimum atomic E-state index is -0.377. The molecule has 1 unspecified atom stereocenters. The smallest absolute Gasteiger partial charge is 0.310 e. The summed E-state index contributed by atoms with van der Waals surface area (Å²) in [5, 5.41) is 9.00. The number of nitriles is 1. The molecule has 19 heavy (non-hydrogen) atoms. The molecule has 0 heterocycles. The van der Waals surface area contributed by atoms with Crippen molar-refractivity contribution >= 4 is 27.7 Å². The Balaban J connectivity index is 3.06. The number of rotatable bonds is 5. The number of nitrogens with zero attached hydrogens (tertiary/aromatic N) is 1. The standard InChI is InChI=1S/C14H14BrNO3/c1-3-19-13(17)7-10-4-5-11(8-16)12(6-10)14(18)9(2)15/h4-6,9H,3,7H2,1-2H3. The average molecular weight is 324 g/mol. The molecule has 1 rings (SSSR count). The van der Waals surface area contributed by atoms with Gasteiger partial charge >= 0.3 is 5.97 Å². The van der Waals surface area contributed by atoms with E-state index in [-0.39, 0.29) is 23.0 Å². The lowest BCUT2D eigenvalue weighted by atomic mass is 9.98. The van der Waals surface area contributed by atoms with Gasteiger partial charge in [-0.3, -0.25) is 9.59 Å². The quantitative estimate of drug-likeness (QED) is 0.474. The van der Waals surface area contributed by atoms with E-state index in [1.165, 1.54) is 0 Å². The van der Waals surface area contributed by atoms with Gasteiger partial charge in [0.15, 0.2) is 5.78 Å². The fraction of sp³-hybridized carbons (Fsp3) is 0.357. The van der Waals surface area contributed by atoms with Crippen LogP contribution in [0.15, 0.2) is 18.2 Å². The van der Waals surface area contributed by atoms with Crippen molar-refractivity contribution in [2.24, 2.45) is 0 Å². The summed E-state index contributed by atoms with van der Waals surface area (Å²) >= 11 is 3.19. The van der Waals surface area contributed by atoms with E-state index in [2.05, 4.69) is 15.9 Å². The van der Waals surface area contributed by atoms with Gasteiger partial charge in [-0.25, -0.2) is 0 Å². The second kappa shape index (κ2) is 7.05. The number of hydrogen-bond donors (Lipinski definition) is 0. The fourth-order valence-corrected chi connectivity index (χ4v) is 1.84. The van der Waals surface area contributed by atoms with Crippen LogP contribution in [0.2, 0.25) is 0 Å². The van der Waals surface area contributed by atoms with Crippen molar-refractivity contribution in [3.05, 3.63) is 34.9 Å². The Labute approximate surface area is 120 Å². The molecule has 0 N–H and O–H groups in total. The number of alkyl halides is 1. The molecule has 1 aromatic carbocycles. The molecular formula is C14H14BrNO3. The Hall–Kier alpha value is -1.67. The second-order valence-electron chi connectivity index (χ2n) is 3.95. The first-order chi connectivity index (χ1) is 8.99. The molecule has 0 bridgehead atoms. The van der Waals surface area contributed by atoms with Gasteiger partial charge in [0.25, 0.3) is 0 Å². The lowest BCUT2D eigenvalue weighted by molar-refractivity contribution is -0.142. The highest BCUT2D eigenvalue weighted by Gasteiger charge is 2.17. The molecule has 0 aliphatic rings. The number of benzene rings is 1. The van der Waals surface area contributed by atoms with Gasteiger partial charge in [0.05, 0.1) is 29.5 Å². The number of ketones is 1. The Morgan fingerprint density at radius 2 is 2.16 bits per heavy atom. The van der Waals surface area contributed by atoms with Crippen LogP contribution in [0.5, 0.6) is 0 Å². The Morgan fingerprint density at radius 1 is 1.47 bits per heavy atom. The lowest BCUT2D eigenvalue weighted by Gasteiger charge is -2.08. The number of halogens is 1. The van der Waals surface area contributed by atoms with Gasteiger partial charge in [-0.05, 0) is 31.5 Å². The third-order valence-corrected chi connectivity index (χ3v) is 2.90. The average Bonchev–Trinajstić information content (AvgIpc) is 2.37. The van der Waals surface area contributed by atoms with Crippen LogP contribution in [0.3, 0.4) is 0 Å². The van der Waals surface area contributed by atoms with Crippen LogP contribution in [0.25, 0.3) is 0 Å². The summed E-state index contributed by atoms with van der Waals surface area (Å²) < 4.78 is 4.85. The molecule has 0 saturated carbocycles. The van der Waals surface area contributed by atoms with Gasteiger partial charge in [-0.1, -0.05) is 22.0 Å². The van der Waals surface area contributed by atoms with E-state index in [0.29, 0.717) is 23.3 Å². The van der Waals surface area contributed by atoms with E-state index in [0.717, 1.165) is 0 Å². The predicted octanol–water partition coefficient (Wildman–Crippen LogP) is 2.63. The molecule has 4 nitrogen and oxygen atoms in total. The third kappa shape index (κ3) is 4.18. The Morgan fingerprint density at radius 3 is 2.68 bits per heavy atom. The van der Waals surface area contributed by atoms with E-state index < -0.39 is 0 Å². The monoisotopic (exact) mass is 323 g/mol. The first-order valence-corrected chi connectivity index (χ1v) is 6.78. The summed E-state index contributed by atoms with van der Waals surface area (Å²) in [6, 6.07) is 6.77. The molecule has 1 aromatic rings. The molecule has 0 fully saturated rings. The van der Waals surface area contributed by atoms with Crippen LogP contribution in [0.4, 0.5) is 0 Å². The molecule has 0 amide bonds. The summed E-state index contributed by atoms with van der Waals surface area (Å²) in [5.74, 6) is -0.528. The topological polar surface area (TPSA) is 67.2 Å². The summed E-state index contributed by atoms with van der Waals surface area (Å²) in [4.78, 5) is 23.0. The van der Waals surface area contributed by atoms with Crippen molar-refractivity contribution in [2.45, 2.75) is 25.1 Å². The second-order valence-corrected chi connectivity index (χ2v) is 5.33. The Kier molecular flexibility index (Phi) is 5.71. The highest BCUT2D eigenvalue weighted by molar-refractivity contribution is 9.10. The zero-order valence-corrected chi connectivity index (χ0v) is 12.4. The van der Waals surface area contributed by atoms with Gasteiger partial charge in [-0.2, -0.15) is 5.26 Å². The highest BCUT2D eigenvalue weighted by atomic mass is 79.9. The number of esters is 1. The number of carbonyl (C=O) groups is 2. The van der Waals surface area contributed by atoms with Crippen LogP contribution >= 0.6 is 15.9 Å². The van der Waals surface area contributed by atoms with Crippen molar-refractivity contribution in [3.63, 3.8) is 0 Å². The van der Waals surface area contributed by atoms with Crippen LogP contribution in [0.1, 0.15) is 35.3 Å². The highest BCUT2D eigenvalue weighted by Crippen LogP contribution is 2.17. The maximum absolute atomic E-state index is 12.0. The molecule has 0 saturated heterocycles. The minimum absolute atomic E-state index is 0.0937.